The number of benzene rings is 1. The van der Waals surface area contributed by atoms with Gasteiger partial charge in [-0.05, 0) is 30.2 Å². The van der Waals surface area contributed by atoms with E-state index in [9.17, 15) is 4.79 Å². The van der Waals surface area contributed by atoms with Crippen LogP contribution in [0.3, 0.4) is 0 Å². The Hall–Kier alpha value is -1.35. The molecule has 3 atom stereocenters. The van der Waals surface area contributed by atoms with Crippen molar-refractivity contribution in [2.75, 3.05) is 0 Å². The number of nitrogens with one attached hydrogen (secondary N) is 1. The fraction of sp³-hybridized carbons (Fsp3) is 0.562. The van der Waals surface area contributed by atoms with E-state index in [1.165, 1.54) is 18.4 Å². The largest absolute Gasteiger partial charge is 0.348 e. The van der Waals surface area contributed by atoms with Gasteiger partial charge in [0.15, 0.2) is 0 Å². The molecule has 19 heavy (non-hydrogen) atoms. The molecule has 1 aliphatic carbocycles. The van der Waals surface area contributed by atoms with E-state index < -0.39 is 6.04 Å². The van der Waals surface area contributed by atoms with Crippen LogP contribution in [0.4, 0.5) is 0 Å². The first-order valence-electron chi connectivity index (χ1n) is 7.24. The lowest BCUT2D eigenvalue weighted by atomic mass is 9.97. The SMILES string of the molecule is CCC(C)[C@H](N)C(=O)NC(c1ccccc1)C1CC1. The average molecular weight is 260 g/mol. The number of rotatable bonds is 6. The van der Waals surface area contributed by atoms with Crippen LogP contribution in [-0.2, 0) is 4.79 Å². The standard InChI is InChI=1S/C16H24N2O/c1-3-11(2)14(17)16(19)18-15(13-9-10-13)12-7-5-4-6-8-12/h4-8,11,13-15H,3,9-10,17H2,1-2H3,(H,18,19)/t11?,14-,15?/m0/s1. The van der Waals surface area contributed by atoms with Crippen molar-refractivity contribution in [2.45, 2.75) is 45.2 Å². The minimum atomic E-state index is -0.407. The highest BCUT2D eigenvalue weighted by Crippen LogP contribution is 2.40. The van der Waals surface area contributed by atoms with E-state index in [1.807, 2.05) is 25.1 Å². The molecule has 1 fully saturated rings. The summed E-state index contributed by atoms with van der Waals surface area (Å²) in [6, 6.07) is 9.92. The highest BCUT2D eigenvalue weighted by Gasteiger charge is 2.34. The van der Waals surface area contributed by atoms with Crippen molar-refractivity contribution in [2.24, 2.45) is 17.6 Å². The summed E-state index contributed by atoms with van der Waals surface area (Å²) in [5.74, 6) is 0.779. The van der Waals surface area contributed by atoms with E-state index in [1.54, 1.807) is 0 Å². The van der Waals surface area contributed by atoms with Crippen molar-refractivity contribution in [3.05, 3.63) is 35.9 Å². The van der Waals surface area contributed by atoms with Crippen LogP contribution in [0.2, 0.25) is 0 Å². The molecule has 3 heteroatoms. The zero-order valence-electron chi connectivity index (χ0n) is 11.8. The van der Waals surface area contributed by atoms with Crippen molar-refractivity contribution in [1.82, 2.24) is 5.32 Å². The summed E-state index contributed by atoms with van der Waals surface area (Å²) in [6.07, 6.45) is 3.31. The fourth-order valence-electron chi connectivity index (χ4n) is 2.33. The molecule has 0 radical (unpaired) electrons. The Morgan fingerprint density at radius 2 is 2.00 bits per heavy atom. The van der Waals surface area contributed by atoms with Crippen LogP contribution in [0.5, 0.6) is 0 Å². The maximum absolute atomic E-state index is 12.2. The molecule has 2 unspecified atom stereocenters. The van der Waals surface area contributed by atoms with Crippen molar-refractivity contribution < 1.29 is 4.79 Å². The Labute approximate surface area is 115 Å². The van der Waals surface area contributed by atoms with Gasteiger partial charge in [0.25, 0.3) is 0 Å². The lowest BCUT2D eigenvalue weighted by Crippen LogP contribution is -2.46. The minimum Gasteiger partial charge on any atom is -0.348 e. The highest BCUT2D eigenvalue weighted by atomic mass is 16.2. The Kier molecular flexibility index (Phi) is 4.59. The first-order chi connectivity index (χ1) is 9.13. The van der Waals surface area contributed by atoms with E-state index >= 15 is 0 Å². The number of hydrogen-bond acceptors (Lipinski definition) is 2. The average Bonchev–Trinajstić information content (AvgIpc) is 3.28. The molecule has 2 rings (SSSR count). The van der Waals surface area contributed by atoms with Crippen LogP contribution >= 0.6 is 0 Å². The number of amides is 1. The molecule has 0 aliphatic heterocycles. The molecular formula is C16H24N2O. The maximum atomic E-state index is 12.2. The summed E-state index contributed by atoms with van der Waals surface area (Å²) in [6.45, 7) is 4.09. The lowest BCUT2D eigenvalue weighted by Gasteiger charge is -2.23. The summed E-state index contributed by atoms with van der Waals surface area (Å²) in [4.78, 5) is 12.2. The highest BCUT2D eigenvalue weighted by molar-refractivity contribution is 5.82. The van der Waals surface area contributed by atoms with E-state index in [2.05, 4.69) is 24.4 Å². The van der Waals surface area contributed by atoms with E-state index in [0.717, 1.165) is 6.42 Å². The predicted molar refractivity (Wildman–Crippen MR) is 77.5 cm³/mol. The first-order valence-corrected chi connectivity index (χ1v) is 7.24. The summed E-state index contributed by atoms with van der Waals surface area (Å²) in [5, 5.41) is 3.15. The quantitative estimate of drug-likeness (QED) is 0.826. The molecule has 1 aromatic carbocycles. The molecule has 0 bridgehead atoms. The Morgan fingerprint density at radius 3 is 2.53 bits per heavy atom. The zero-order chi connectivity index (χ0) is 13.8. The third-order valence-corrected chi connectivity index (χ3v) is 4.11. The normalized spacial score (nSPS) is 19.5. The summed E-state index contributed by atoms with van der Waals surface area (Å²) < 4.78 is 0. The van der Waals surface area contributed by atoms with Gasteiger partial charge in [-0.15, -0.1) is 0 Å². The number of hydrogen-bond donors (Lipinski definition) is 2. The van der Waals surface area contributed by atoms with Crippen LogP contribution in [0.15, 0.2) is 30.3 Å². The molecule has 3 N–H and O–H groups in total. The second kappa shape index (κ2) is 6.20. The summed E-state index contributed by atoms with van der Waals surface area (Å²) in [7, 11) is 0. The van der Waals surface area contributed by atoms with Crippen molar-refractivity contribution in [1.29, 1.82) is 0 Å². The molecule has 3 nitrogen and oxygen atoms in total. The molecule has 0 saturated heterocycles. The molecule has 1 aliphatic rings. The molecule has 0 aromatic heterocycles. The fourth-order valence-corrected chi connectivity index (χ4v) is 2.33. The van der Waals surface area contributed by atoms with Crippen LogP contribution in [0.1, 0.15) is 44.7 Å². The summed E-state index contributed by atoms with van der Waals surface area (Å²) >= 11 is 0. The monoisotopic (exact) mass is 260 g/mol. The second-order valence-electron chi connectivity index (χ2n) is 5.65. The van der Waals surface area contributed by atoms with Crippen molar-refractivity contribution >= 4 is 5.91 Å². The van der Waals surface area contributed by atoms with Gasteiger partial charge in [-0.25, -0.2) is 0 Å². The molecule has 0 spiro atoms. The topological polar surface area (TPSA) is 55.1 Å². The van der Waals surface area contributed by atoms with Crippen LogP contribution < -0.4 is 11.1 Å². The van der Waals surface area contributed by atoms with Crippen LogP contribution in [0.25, 0.3) is 0 Å². The van der Waals surface area contributed by atoms with Gasteiger partial charge in [0, 0.05) is 0 Å². The van der Waals surface area contributed by atoms with Gasteiger partial charge < -0.3 is 11.1 Å². The molecule has 0 heterocycles. The van der Waals surface area contributed by atoms with E-state index in [-0.39, 0.29) is 17.9 Å². The minimum absolute atomic E-state index is 0.0184. The number of nitrogens with two attached hydrogens (primary N) is 1. The van der Waals surface area contributed by atoms with Gasteiger partial charge in [0.1, 0.15) is 0 Å². The van der Waals surface area contributed by atoms with Crippen molar-refractivity contribution in [3.63, 3.8) is 0 Å². The number of carbonyl (C=O) groups is 1. The molecule has 104 valence electrons. The van der Waals surface area contributed by atoms with Crippen molar-refractivity contribution in [3.8, 4) is 0 Å². The zero-order valence-corrected chi connectivity index (χ0v) is 11.8. The molecule has 1 aromatic rings. The van der Waals surface area contributed by atoms with Gasteiger partial charge in [-0.1, -0.05) is 50.6 Å². The first kappa shape index (κ1) is 14.1. The third-order valence-electron chi connectivity index (χ3n) is 4.11. The maximum Gasteiger partial charge on any atom is 0.237 e. The van der Waals surface area contributed by atoms with Gasteiger partial charge >= 0.3 is 0 Å². The summed E-state index contributed by atoms with van der Waals surface area (Å²) in [5.41, 5.74) is 7.20. The predicted octanol–water partition coefficient (Wildman–Crippen LogP) is 2.63. The van der Waals surface area contributed by atoms with Crippen LogP contribution in [-0.4, -0.2) is 11.9 Å². The van der Waals surface area contributed by atoms with Crippen LogP contribution in [0, 0.1) is 11.8 Å². The molecule has 1 amide bonds. The number of carbonyl (C=O) groups excluding carboxylic acids is 1. The Bertz CT molecular complexity index is 414. The molecular weight excluding hydrogens is 236 g/mol. The van der Waals surface area contributed by atoms with Gasteiger partial charge in [0.05, 0.1) is 12.1 Å². The third kappa shape index (κ3) is 3.57. The van der Waals surface area contributed by atoms with Gasteiger partial charge in [-0.3, -0.25) is 4.79 Å². The smallest absolute Gasteiger partial charge is 0.237 e. The van der Waals surface area contributed by atoms with E-state index in [4.69, 9.17) is 5.73 Å². The molecule has 1 saturated carbocycles. The lowest BCUT2D eigenvalue weighted by molar-refractivity contribution is -0.124. The Balaban J connectivity index is 2.04. The van der Waals surface area contributed by atoms with E-state index in [0.29, 0.717) is 5.92 Å². The second-order valence-corrected chi connectivity index (χ2v) is 5.65. The van der Waals surface area contributed by atoms with Gasteiger partial charge in [-0.2, -0.15) is 0 Å². The van der Waals surface area contributed by atoms with Gasteiger partial charge in [0.2, 0.25) is 5.91 Å². The Morgan fingerprint density at radius 1 is 1.37 bits per heavy atom.